The third kappa shape index (κ3) is 7.41. The fourth-order valence-electron chi connectivity index (χ4n) is 4.31. The number of carbonyl (C=O) groups excluding carboxylic acids is 1. The number of ether oxygens (including phenoxy) is 2. The number of benzene rings is 2. The molecule has 0 atom stereocenters. The van der Waals surface area contributed by atoms with Crippen LogP contribution in [0, 0.1) is 0 Å². The largest absolute Gasteiger partial charge is 0.492 e. The Morgan fingerprint density at radius 1 is 0.895 bits per heavy atom. The van der Waals surface area contributed by atoms with Crippen molar-refractivity contribution in [3.8, 4) is 11.4 Å². The first-order valence-corrected chi connectivity index (χ1v) is 13.2. The molecule has 1 saturated heterocycles. The molecule has 0 radical (unpaired) electrons. The van der Waals surface area contributed by atoms with E-state index < -0.39 is 11.7 Å². The van der Waals surface area contributed by atoms with Gasteiger partial charge in [0.25, 0.3) is 0 Å². The molecule has 0 unspecified atom stereocenters. The predicted molar refractivity (Wildman–Crippen MR) is 149 cm³/mol. The summed E-state index contributed by atoms with van der Waals surface area (Å²) in [6.45, 7) is 10.9. The standard InChI is InChI=1S/C29H39N5O4/c1-29(2,3)38-28(36)33(22-23-37-26-8-6-5-7-9-26)19-18-32-20-21-34(27(32)35)25-12-10-24(11-13-25)31-16-14-30(4)15-17-31/h5-13,20-21H,14-19,22-23H2,1-4H3. The molecular weight excluding hydrogens is 482 g/mol. The molecule has 3 aromatic rings. The monoisotopic (exact) mass is 521 g/mol. The van der Waals surface area contributed by atoms with Crippen LogP contribution in [0.5, 0.6) is 5.75 Å². The van der Waals surface area contributed by atoms with Gasteiger partial charge in [-0.2, -0.15) is 0 Å². The van der Waals surface area contributed by atoms with Crippen LogP contribution in [0.2, 0.25) is 0 Å². The zero-order chi connectivity index (χ0) is 27.1. The van der Waals surface area contributed by atoms with Crippen LogP contribution in [-0.2, 0) is 11.3 Å². The molecule has 1 aromatic heterocycles. The van der Waals surface area contributed by atoms with Crippen molar-refractivity contribution in [3.63, 3.8) is 0 Å². The second kappa shape index (κ2) is 12.2. The summed E-state index contributed by atoms with van der Waals surface area (Å²) in [5.41, 5.74) is 1.21. The van der Waals surface area contributed by atoms with E-state index >= 15 is 0 Å². The van der Waals surface area contributed by atoms with E-state index in [-0.39, 0.29) is 5.69 Å². The van der Waals surface area contributed by atoms with Crippen LogP contribution in [0.4, 0.5) is 10.5 Å². The molecule has 4 rings (SSSR count). The summed E-state index contributed by atoms with van der Waals surface area (Å²) in [5.74, 6) is 0.739. The number of rotatable bonds is 9. The Hall–Kier alpha value is -3.72. The van der Waals surface area contributed by atoms with Crippen LogP contribution in [0.3, 0.4) is 0 Å². The smallest absolute Gasteiger partial charge is 0.410 e. The van der Waals surface area contributed by atoms with Crippen LogP contribution in [0.25, 0.3) is 5.69 Å². The van der Waals surface area contributed by atoms with Crippen LogP contribution in [0.15, 0.2) is 71.8 Å². The molecule has 204 valence electrons. The topological polar surface area (TPSA) is 72.2 Å². The van der Waals surface area contributed by atoms with E-state index in [1.165, 1.54) is 5.69 Å². The lowest BCUT2D eigenvalue weighted by atomic mass is 10.2. The van der Waals surface area contributed by atoms with Gasteiger partial charge >= 0.3 is 11.8 Å². The Kier molecular flexibility index (Phi) is 8.78. The van der Waals surface area contributed by atoms with E-state index in [2.05, 4.69) is 29.0 Å². The number of para-hydroxylation sites is 1. The molecule has 9 nitrogen and oxygen atoms in total. The van der Waals surface area contributed by atoms with Gasteiger partial charge in [-0.25, -0.2) is 9.59 Å². The van der Waals surface area contributed by atoms with Crippen molar-refractivity contribution in [2.45, 2.75) is 32.9 Å². The number of carbonyl (C=O) groups is 1. The zero-order valence-electron chi connectivity index (χ0n) is 22.9. The molecule has 0 spiro atoms. The minimum atomic E-state index is -0.619. The number of nitrogens with zero attached hydrogens (tertiary/aromatic N) is 5. The van der Waals surface area contributed by atoms with Gasteiger partial charge in [0.15, 0.2) is 0 Å². The number of aromatic nitrogens is 2. The van der Waals surface area contributed by atoms with Crippen LogP contribution < -0.4 is 15.3 Å². The SMILES string of the molecule is CN1CCN(c2ccc(-n3ccn(CCN(CCOc4ccccc4)C(=O)OC(C)(C)C)c3=O)cc2)CC1. The predicted octanol–water partition coefficient (Wildman–Crippen LogP) is 3.71. The van der Waals surface area contributed by atoms with Gasteiger partial charge in [0.05, 0.1) is 12.2 Å². The van der Waals surface area contributed by atoms with Gasteiger partial charge in [0.1, 0.15) is 18.0 Å². The quantitative estimate of drug-likeness (QED) is 0.428. The molecule has 2 heterocycles. The van der Waals surface area contributed by atoms with E-state index in [9.17, 15) is 9.59 Å². The Morgan fingerprint density at radius 2 is 1.55 bits per heavy atom. The van der Waals surface area contributed by atoms with E-state index in [1.54, 1.807) is 26.4 Å². The van der Waals surface area contributed by atoms with Gasteiger partial charge < -0.3 is 24.2 Å². The van der Waals surface area contributed by atoms with Crippen LogP contribution in [-0.4, -0.2) is 83.6 Å². The third-order valence-corrected chi connectivity index (χ3v) is 6.48. The molecule has 38 heavy (non-hydrogen) atoms. The summed E-state index contributed by atoms with van der Waals surface area (Å²) in [6.07, 6.45) is 3.09. The highest BCUT2D eigenvalue weighted by Gasteiger charge is 2.22. The highest BCUT2D eigenvalue weighted by molar-refractivity contribution is 5.68. The van der Waals surface area contributed by atoms with Gasteiger partial charge in [-0.15, -0.1) is 0 Å². The minimum Gasteiger partial charge on any atom is -0.492 e. The zero-order valence-corrected chi connectivity index (χ0v) is 22.9. The molecule has 2 aromatic carbocycles. The lowest BCUT2D eigenvalue weighted by molar-refractivity contribution is 0.0219. The van der Waals surface area contributed by atoms with E-state index in [0.29, 0.717) is 26.2 Å². The number of anilines is 1. The summed E-state index contributed by atoms with van der Waals surface area (Å²) in [4.78, 5) is 32.3. The first-order chi connectivity index (χ1) is 18.2. The summed E-state index contributed by atoms with van der Waals surface area (Å²) >= 11 is 0. The Morgan fingerprint density at radius 3 is 2.21 bits per heavy atom. The maximum absolute atomic E-state index is 13.2. The van der Waals surface area contributed by atoms with Crippen molar-refractivity contribution in [1.82, 2.24) is 18.9 Å². The highest BCUT2D eigenvalue weighted by Crippen LogP contribution is 2.18. The van der Waals surface area contributed by atoms with Gasteiger partial charge in [-0.1, -0.05) is 18.2 Å². The number of imidazole rings is 1. The van der Waals surface area contributed by atoms with Crippen molar-refractivity contribution >= 4 is 11.8 Å². The number of amides is 1. The summed E-state index contributed by atoms with van der Waals surface area (Å²) < 4.78 is 14.6. The Labute approximate surface area is 224 Å². The lowest BCUT2D eigenvalue weighted by Gasteiger charge is -2.34. The second-order valence-corrected chi connectivity index (χ2v) is 10.6. The number of likely N-dealkylation sites (N-methyl/N-ethyl adjacent to an activating group) is 1. The molecule has 1 fully saturated rings. The molecule has 0 saturated carbocycles. The van der Waals surface area contributed by atoms with Crippen molar-refractivity contribution in [2.75, 3.05) is 57.8 Å². The average molecular weight is 522 g/mol. The number of hydrogen-bond acceptors (Lipinski definition) is 6. The fraction of sp³-hybridized carbons (Fsp3) is 0.448. The third-order valence-electron chi connectivity index (χ3n) is 6.48. The number of hydrogen-bond donors (Lipinski definition) is 0. The van der Waals surface area contributed by atoms with E-state index in [4.69, 9.17) is 9.47 Å². The summed E-state index contributed by atoms with van der Waals surface area (Å²) in [7, 11) is 2.14. The minimum absolute atomic E-state index is 0.151. The molecule has 0 bridgehead atoms. The molecule has 1 amide bonds. The second-order valence-electron chi connectivity index (χ2n) is 10.6. The van der Waals surface area contributed by atoms with Crippen LogP contribution >= 0.6 is 0 Å². The lowest BCUT2D eigenvalue weighted by Crippen LogP contribution is -2.44. The van der Waals surface area contributed by atoms with Gasteiger partial charge in [-0.05, 0) is 64.2 Å². The Balaban J connectivity index is 1.39. The van der Waals surface area contributed by atoms with Crippen LogP contribution in [0.1, 0.15) is 20.8 Å². The maximum atomic E-state index is 13.2. The van der Waals surface area contributed by atoms with E-state index in [1.807, 2.05) is 63.2 Å². The normalized spacial score (nSPS) is 14.4. The maximum Gasteiger partial charge on any atom is 0.410 e. The van der Waals surface area contributed by atoms with Crippen molar-refractivity contribution in [1.29, 1.82) is 0 Å². The number of piperazine rings is 1. The molecule has 0 N–H and O–H groups in total. The van der Waals surface area contributed by atoms with E-state index in [0.717, 1.165) is 37.6 Å². The van der Waals surface area contributed by atoms with Crippen molar-refractivity contribution in [2.24, 2.45) is 0 Å². The van der Waals surface area contributed by atoms with Gasteiger partial charge in [0, 0.05) is 57.3 Å². The first kappa shape index (κ1) is 27.3. The molecule has 1 aliphatic heterocycles. The summed E-state index contributed by atoms with van der Waals surface area (Å²) in [6, 6.07) is 17.6. The highest BCUT2D eigenvalue weighted by atomic mass is 16.6. The molecular formula is C29H39N5O4. The summed E-state index contributed by atoms with van der Waals surface area (Å²) in [5, 5.41) is 0. The molecule has 9 heteroatoms. The molecule has 0 aliphatic carbocycles. The fourth-order valence-corrected chi connectivity index (χ4v) is 4.31. The first-order valence-electron chi connectivity index (χ1n) is 13.2. The van der Waals surface area contributed by atoms with Crippen molar-refractivity contribution < 1.29 is 14.3 Å². The van der Waals surface area contributed by atoms with Crippen molar-refractivity contribution in [3.05, 3.63) is 77.5 Å². The average Bonchev–Trinajstić information content (AvgIpc) is 3.26. The molecule has 1 aliphatic rings. The van der Waals surface area contributed by atoms with Gasteiger partial charge in [0.2, 0.25) is 0 Å². The Bertz CT molecular complexity index is 1220. The van der Waals surface area contributed by atoms with Gasteiger partial charge in [-0.3, -0.25) is 9.13 Å².